The first-order chi connectivity index (χ1) is 8.50. The van der Waals surface area contributed by atoms with E-state index in [1.54, 1.807) is 0 Å². The fraction of sp³-hybridized carbons (Fsp3) is 0.333. The Morgan fingerprint density at radius 2 is 1.67 bits per heavy atom. The molecule has 0 amide bonds. The van der Waals surface area contributed by atoms with Crippen LogP contribution < -0.4 is 0 Å². The van der Waals surface area contributed by atoms with Crippen LogP contribution in [0.3, 0.4) is 0 Å². The van der Waals surface area contributed by atoms with Crippen LogP contribution in [0.1, 0.15) is 39.7 Å². The summed E-state index contributed by atoms with van der Waals surface area (Å²) in [5, 5.41) is 0. The third kappa shape index (κ3) is 2.81. The first-order valence-corrected chi connectivity index (χ1v) is 6.70. The smallest absolute Gasteiger partial charge is 0.0132 e. The van der Waals surface area contributed by atoms with Gasteiger partial charge < -0.3 is 0 Å². The van der Waals surface area contributed by atoms with Gasteiger partial charge in [-0.2, -0.15) is 0 Å². The van der Waals surface area contributed by atoms with Gasteiger partial charge in [0, 0.05) is 0 Å². The van der Waals surface area contributed by atoms with Gasteiger partial charge in [-0.15, -0.1) is 0 Å². The van der Waals surface area contributed by atoms with Crippen molar-refractivity contribution in [1.82, 2.24) is 0 Å². The molecule has 0 nitrogen and oxygen atoms in total. The summed E-state index contributed by atoms with van der Waals surface area (Å²) in [6.07, 6.45) is 8.07. The van der Waals surface area contributed by atoms with Crippen LogP contribution in [0, 0.1) is 5.41 Å². The molecule has 1 aliphatic rings. The molecule has 0 saturated heterocycles. The zero-order valence-electron chi connectivity index (χ0n) is 11.8. The van der Waals surface area contributed by atoms with Crippen molar-refractivity contribution in [2.75, 3.05) is 0 Å². The quantitative estimate of drug-likeness (QED) is 0.647. The monoisotopic (exact) mass is 238 g/mol. The highest BCUT2D eigenvalue weighted by Crippen LogP contribution is 2.36. The van der Waals surface area contributed by atoms with Crippen molar-refractivity contribution in [3.8, 4) is 0 Å². The molecule has 1 aromatic carbocycles. The van der Waals surface area contributed by atoms with E-state index in [9.17, 15) is 0 Å². The summed E-state index contributed by atoms with van der Waals surface area (Å²) in [5.74, 6) is 0. The Labute approximate surface area is 111 Å². The summed E-state index contributed by atoms with van der Waals surface area (Å²) in [4.78, 5) is 0. The summed E-state index contributed by atoms with van der Waals surface area (Å²) >= 11 is 0. The Bertz CT molecular complexity index is 505. The van der Waals surface area contributed by atoms with E-state index in [0.717, 1.165) is 6.42 Å². The maximum absolute atomic E-state index is 2.36. The molecular weight excluding hydrogens is 216 g/mol. The molecule has 0 atom stereocenters. The molecule has 0 spiro atoms. The number of allylic oxidation sites excluding steroid dienone is 5. The van der Waals surface area contributed by atoms with Gasteiger partial charge in [0.15, 0.2) is 0 Å². The van der Waals surface area contributed by atoms with Crippen LogP contribution in [0.4, 0.5) is 0 Å². The summed E-state index contributed by atoms with van der Waals surface area (Å²) in [6, 6.07) is 10.5. The van der Waals surface area contributed by atoms with E-state index in [2.05, 4.69) is 76.3 Å². The molecule has 1 aromatic rings. The predicted molar refractivity (Wildman–Crippen MR) is 80.3 cm³/mol. The van der Waals surface area contributed by atoms with Crippen molar-refractivity contribution in [2.45, 2.75) is 34.1 Å². The van der Waals surface area contributed by atoms with E-state index < -0.39 is 0 Å². The largest absolute Gasteiger partial charge is 0.0622 e. The van der Waals surface area contributed by atoms with Gasteiger partial charge in [0.25, 0.3) is 0 Å². The highest BCUT2D eigenvalue weighted by Gasteiger charge is 2.21. The van der Waals surface area contributed by atoms with E-state index in [1.165, 1.54) is 22.3 Å². The summed E-state index contributed by atoms with van der Waals surface area (Å²) in [7, 11) is 0. The maximum Gasteiger partial charge on any atom is -0.0132 e. The summed E-state index contributed by atoms with van der Waals surface area (Å²) in [6.45, 7) is 9.04. The minimum atomic E-state index is 0.229. The molecule has 0 radical (unpaired) electrons. The maximum atomic E-state index is 2.36. The van der Waals surface area contributed by atoms with Crippen molar-refractivity contribution in [3.63, 3.8) is 0 Å². The molecule has 0 heteroatoms. The second-order valence-corrected chi connectivity index (χ2v) is 5.88. The zero-order valence-corrected chi connectivity index (χ0v) is 11.8. The van der Waals surface area contributed by atoms with Gasteiger partial charge in [-0.05, 0) is 40.2 Å². The number of hydrogen-bond acceptors (Lipinski definition) is 0. The van der Waals surface area contributed by atoms with Gasteiger partial charge in [0.2, 0.25) is 0 Å². The highest BCUT2D eigenvalue weighted by atomic mass is 14.3. The third-order valence-corrected chi connectivity index (χ3v) is 3.38. The normalized spacial score (nSPS) is 17.9. The lowest BCUT2D eigenvalue weighted by molar-refractivity contribution is 0.518. The minimum Gasteiger partial charge on any atom is -0.0622 e. The van der Waals surface area contributed by atoms with E-state index in [0.29, 0.717) is 0 Å². The van der Waals surface area contributed by atoms with Gasteiger partial charge >= 0.3 is 0 Å². The molecule has 0 heterocycles. The molecule has 0 saturated carbocycles. The van der Waals surface area contributed by atoms with Crippen molar-refractivity contribution in [3.05, 3.63) is 64.8 Å². The average molecular weight is 238 g/mol. The molecule has 18 heavy (non-hydrogen) atoms. The molecular formula is C18H22. The Hall–Kier alpha value is -1.56. The molecule has 0 aromatic heterocycles. The third-order valence-electron chi connectivity index (χ3n) is 3.38. The fourth-order valence-electron chi connectivity index (χ4n) is 2.18. The number of hydrogen-bond donors (Lipinski definition) is 0. The highest BCUT2D eigenvalue weighted by molar-refractivity contribution is 5.67. The minimum absolute atomic E-state index is 0.229. The van der Waals surface area contributed by atoms with Crippen LogP contribution >= 0.6 is 0 Å². The molecule has 0 fully saturated rings. The standard InChI is InChI=1S/C18H22/c1-5-15-12-17(18(2,3)4)13-16(15)11-14-9-7-6-8-10-14/h6-13H,5H2,1-4H3/b16-11-. The topological polar surface area (TPSA) is 0 Å². The molecule has 0 bridgehead atoms. The molecule has 0 unspecified atom stereocenters. The van der Waals surface area contributed by atoms with Crippen LogP contribution in [-0.4, -0.2) is 0 Å². The van der Waals surface area contributed by atoms with Crippen molar-refractivity contribution >= 4 is 6.08 Å². The predicted octanol–water partition coefficient (Wildman–Crippen LogP) is 5.39. The lowest BCUT2D eigenvalue weighted by atomic mass is 9.87. The van der Waals surface area contributed by atoms with Crippen molar-refractivity contribution in [2.24, 2.45) is 5.41 Å². The van der Waals surface area contributed by atoms with Crippen LogP contribution in [0.2, 0.25) is 0 Å². The second kappa shape index (κ2) is 4.97. The average Bonchev–Trinajstić information content (AvgIpc) is 2.73. The molecule has 1 aliphatic carbocycles. The van der Waals surface area contributed by atoms with Crippen LogP contribution in [-0.2, 0) is 0 Å². The SMILES string of the molecule is CCC1=CC(C(C)(C)C)=C/C1=C/c1ccccc1. The molecule has 0 aliphatic heterocycles. The van der Waals surface area contributed by atoms with E-state index in [1.807, 2.05) is 0 Å². The number of rotatable bonds is 2. The van der Waals surface area contributed by atoms with Crippen LogP contribution in [0.5, 0.6) is 0 Å². The van der Waals surface area contributed by atoms with Crippen molar-refractivity contribution in [1.29, 1.82) is 0 Å². The fourth-order valence-corrected chi connectivity index (χ4v) is 2.18. The van der Waals surface area contributed by atoms with Gasteiger partial charge in [-0.1, -0.05) is 70.2 Å². The Balaban J connectivity index is 2.37. The molecule has 94 valence electrons. The number of benzene rings is 1. The van der Waals surface area contributed by atoms with Crippen LogP contribution in [0.25, 0.3) is 6.08 Å². The summed E-state index contributed by atoms with van der Waals surface area (Å²) in [5.41, 5.74) is 5.75. The van der Waals surface area contributed by atoms with Gasteiger partial charge in [0.05, 0.1) is 0 Å². The van der Waals surface area contributed by atoms with Crippen LogP contribution in [0.15, 0.2) is 59.2 Å². The van der Waals surface area contributed by atoms with E-state index >= 15 is 0 Å². The first kappa shape index (κ1) is 12.9. The summed E-state index contributed by atoms with van der Waals surface area (Å²) < 4.78 is 0. The Morgan fingerprint density at radius 3 is 2.22 bits per heavy atom. The van der Waals surface area contributed by atoms with Gasteiger partial charge in [0.1, 0.15) is 0 Å². The van der Waals surface area contributed by atoms with E-state index in [-0.39, 0.29) is 5.41 Å². The van der Waals surface area contributed by atoms with Gasteiger partial charge in [-0.25, -0.2) is 0 Å². The second-order valence-electron chi connectivity index (χ2n) is 5.88. The zero-order chi connectivity index (χ0) is 13.2. The molecule has 2 rings (SSSR count). The lowest BCUT2D eigenvalue weighted by Gasteiger charge is -2.18. The Kier molecular flexibility index (Phi) is 3.56. The first-order valence-electron chi connectivity index (χ1n) is 6.70. The van der Waals surface area contributed by atoms with Gasteiger partial charge in [-0.3, -0.25) is 0 Å². The Morgan fingerprint density at radius 1 is 1.00 bits per heavy atom. The lowest BCUT2D eigenvalue weighted by Crippen LogP contribution is -2.05. The molecule has 0 N–H and O–H groups in total. The van der Waals surface area contributed by atoms with E-state index in [4.69, 9.17) is 0 Å². The van der Waals surface area contributed by atoms with Crippen molar-refractivity contribution < 1.29 is 0 Å².